The molecular weight excluding hydrogens is 152 g/mol. The molecule has 0 radical (unpaired) electrons. The van der Waals surface area contributed by atoms with Crippen molar-refractivity contribution in [2.24, 2.45) is 0 Å². The van der Waals surface area contributed by atoms with Crippen molar-refractivity contribution in [2.75, 3.05) is 6.54 Å². The van der Waals surface area contributed by atoms with Gasteiger partial charge in [-0.05, 0) is 19.3 Å². The number of alkyl halides is 2. The van der Waals surface area contributed by atoms with E-state index in [1.165, 1.54) is 0 Å². The summed E-state index contributed by atoms with van der Waals surface area (Å²) in [6, 6.07) is -0.107. The molecule has 1 aliphatic carbocycles. The number of nitrogens with one attached hydrogen (secondary N) is 1. The third kappa shape index (κ3) is 2.71. The Labute approximate surface area is 64.6 Å². The van der Waals surface area contributed by atoms with E-state index in [9.17, 15) is 13.9 Å². The lowest BCUT2D eigenvalue weighted by atomic mass is 10.2. The van der Waals surface area contributed by atoms with Gasteiger partial charge < -0.3 is 10.4 Å². The fourth-order valence-corrected chi connectivity index (χ4v) is 1.42. The highest BCUT2D eigenvalue weighted by atomic mass is 19.3. The maximum atomic E-state index is 11.7. The van der Waals surface area contributed by atoms with E-state index in [-0.39, 0.29) is 12.6 Å². The SMILES string of the molecule is OC1CCCC1NCC(F)F. The van der Waals surface area contributed by atoms with Crippen LogP contribution in [-0.2, 0) is 0 Å². The number of hydrogen-bond acceptors (Lipinski definition) is 2. The largest absolute Gasteiger partial charge is 0.392 e. The smallest absolute Gasteiger partial charge is 0.250 e. The maximum Gasteiger partial charge on any atom is 0.250 e. The standard InChI is InChI=1S/C7H13F2NO/c8-7(9)4-10-5-2-1-3-6(5)11/h5-7,10-11H,1-4H2. The molecule has 0 amide bonds. The second kappa shape index (κ2) is 3.97. The normalized spacial score (nSPS) is 31.6. The summed E-state index contributed by atoms with van der Waals surface area (Å²) < 4.78 is 23.3. The fourth-order valence-electron chi connectivity index (χ4n) is 1.42. The average Bonchev–Trinajstić information content (AvgIpc) is 2.31. The molecule has 1 fully saturated rings. The molecule has 0 bridgehead atoms. The number of halogens is 2. The topological polar surface area (TPSA) is 32.3 Å². The molecule has 1 saturated carbocycles. The summed E-state index contributed by atoms with van der Waals surface area (Å²) in [6.07, 6.45) is -0.256. The Hall–Kier alpha value is -0.220. The van der Waals surface area contributed by atoms with Crippen molar-refractivity contribution in [3.05, 3.63) is 0 Å². The van der Waals surface area contributed by atoms with E-state index in [1.807, 2.05) is 0 Å². The maximum absolute atomic E-state index is 11.7. The minimum absolute atomic E-state index is 0.107. The second-order valence-corrected chi connectivity index (χ2v) is 2.90. The molecule has 0 spiro atoms. The highest BCUT2D eigenvalue weighted by Crippen LogP contribution is 2.18. The molecule has 2 unspecified atom stereocenters. The van der Waals surface area contributed by atoms with E-state index in [1.54, 1.807) is 0 Å². The van der Waals surface area contributed by atoms with E-state index >= 15 is 0 Å². The first-order chi connectivity index (χ1) is 5.20. The van der Waals surface area contributed by atoms with Gasteiger partial charge in [-0.2, -0.15) is 0 Å². The minimum atomic E-state index is -2.32. The van der Waals surface area contributed by atoms with E-state index in [2.05, 4.69) is 5.32 Å². The molecular formula is C7H13F2NO. The summed E-state index contributed by atoms with van der Waals surface area (Å²) in [4.78, 5) is 0. The van der Waals surface area contributed by atoms with Crippen LogP contribution in [0.15, 0.2) is 0 Å². The van der Waals surface area contributed by atoms with Crippen molar-refractivity contribution < 1.29 is 13.9 Å². The molecule has 2 nitrogen and oxygen atoms in total. The molecule has 1 aliphatic rings. The van der Waals surface area contributed by atoms with Gasteiger partial charge in [0.1, 0.15) is 0 Å². The Kier molecular flexibility index (Phi) is 3.20. The summed E-state index contributed by atoms with van der Waals surface area (Å²) in [5.41, 5.74) is 0. The molecule has 0 aromatic carbocycles. The van der Waals surface area contributed by atoms with Crippen LogP contribution in [0.1, 0.15) is 19.3 Å². The van der Waals surface area contributed by atoms with Gasteiger partial charge in [0.25, 0.3) is 6.43 Å². The summed E-state index contributed by atoms with van der Waals surface area (Å²) in [6.45, 7) is -0.304. The van der Waals surface area contributed by atoms with Crippen molar-refractivity contribution in [1.82, 2.24) is 5.32 Å². The van der Waals surface area contributed by atoms with Crippen molar-refractivity contribution in [3.8, 4) is 0 Å². The molecule has 2 atom stereocenters. The monoisotopic (exact) mass is 165 g/mol. The third-order valence-electron chi connectivity index (χ3n) is 2.01. The number of hydrogen-bond donors (Lipinski definition) is 2. The average molecular weight is 165 g/mol. The van der Waals surface area contributed by atoms with Crippen LogP contribution >= 0.6 is 0 Å². The third-order valence-corrected chi connectivity index (χ3v) is 2.01. The minimum Gasteiger partial charge on any atom is -0.392 e. The highest BCUT2D eigenvalue weighted by Gasteiger charge is 2.24. The Balaban J connectivity index is 2.15. The van der Waals surface area contributed by atoms with Crippen molar-refractivity contribution >= 4 is 0 Å². The van der Waals surface area contributed by atoms with E-state index in [4.69, 9.17) is 0 Å². The first-order valence-corrected chi connectivity index (χ1v) is 3.89. The molecule has 0 aromatic rings. The molecule has 4 heteroatoms. The van der Waals surface area contributed by atoms with Crippen LogP contribution in [0, 0.1) is 0 Å². The number of aliphatic hydroxyl groups is 1. The molecule has 2 N–H and O–H groups in total. The molecule has 0 aromatic heterocycles. The van der Waals surface area contributed by atoms with Crippen LogP contribution in [0.25, 0.3) is 0 Å². The summed E-state index contributed by atoms with van der Waals surface area (Å²) in [5.74, 6) is 0. The molecule has 66 valence electrons. The molecule has 0 saturated heterocycles. The zero-order chi connectivity index (χ0) is 8.27. The van der Waals surface area contributed by atoms with Gasteiger partial charge in [-0.25, -0.2) is 8.78 Å². The first-order valence-electron chi connectivity index (χ1n) is 3.89. The Morgan fingerprint density at radius 3 is 2.64 bits per heavy atom. The predicted octanol–water partition coefficient (Wildman–Crippen LogP) is 0.754. The quantitative estimate of drug-likeness (QED) is 0.647. The van der Waals surface area contributed by atoms with Crippen LogP contribution in [0.5, 0.6) is 0 Å². The van der Waals surface area contributed by atoms with Gasteiger partial charge in [-0.1, -0.05) is 0 Å². The Morgan fingerprint density at radius 1 is 1.45 bits per heavy atom. The Bertz CT molecular complexity index is 121. The zero-order valence-electron chi connectivity index (χ0n) is 6.26. The highest BCUT2D eigenvalue weighted by molar-refractivity contribution is 4.82. The van der Waals surface area contributed by atoms with E-state index in [0.29, 0.717) is 0 Å². The van der Waals surface area contributed by atoms with Crippen LogP contribution in [-0.4, -0.2) is 30.2 Å². The van der Waals surface area contributed by atoms with E-state index < -0.39 is 12.5 Å². The number of rotatable bonds is 3. The van der Waals surface area contributed by atoms with Crippen LogP contribution in [0.3, 0.4) is 0 Å². The van der Waals surface area contributed by atoms with Gasteiger partial charge in [0.05, 0.1) is 12.6 Å². The molecule has 1 rings (SSSR count). The number of aliphatic hydroxyl groups excluding tert-OH is 1. The van der Waals surface area contributed by atoms with Crippen LogP contribution in [0.4, 0.5) is 8.78 Å². The van der Waals surface area contributed by atoms with Gasteiger partial charge in [0.2, 0.25) is 0 Å². The van der Waals surface area contributed by atoms with Gasteiger partial charge >= 0.3 is 0 Å². The van der Waals surface area contributed by atoms with Gasteiger partial charge in [-0.3, -0.25) is 0 Å². The van der Waals surface area contributed by atoms with Crippen LogP contribution in [0.2, 0.25) is 0 Å². The fraction of sp³-hybridized carbons (Fsp3) is 1.00. The molecule has 0 aliphatic heterocycles. The Morgan fingerprint density at radius 2 is 2.18 bits per heavy atom. The van der Waals surface area contributed by atoms with Crippen LogP contribution < -0.4 is 5.32 Å². The second-order valence-electron chi connectivity index (χ2n) is 2.90. The van der Waals surface area contributed by atoms with Gasteiger partial charge in [0.15, 0.2) is 0 Å². The lowest BCUT2D eigenvalue weighted by Gasteiger charge is -2.15. The summed E-state index contributed by atoms with van der Waals surface area (Å²) in [5, 5.41) is 11.8. The molecule has 0 heterocycles. The van der Waals surface area contributed by atoms with E-state index in [0.717, 1.165) is 19.3 Å². The van der Waals surface area contributed by atoms with Gasteiger partial charge in [-0.15, -0.1) is 0 Å². The lowest BCUT2D eigenvalue weighted by molar-refractivity contribution is 0.113. The summed E-state index contributed by atoms with van der Waals surface area (Å²) >= 11 is 0. The van der Waals surface area contributed by atoms with Crippen molar-refractivity contribution in [1.29, 1.82) is 0 Å². The summed E-state index contributed by atoms with van der Waals surface area (Å²) in [7, 11) is 0. The predicted molar refractivity (Wildman–Crippen MR) is 37.7 cm³/mol. The first kappa shape index (κ1) is 8.87. The molecule has 11 heavy (non-hydrogen) atoms. The van der Waals surface area contributed by atoms with Gasteiger partial charge in [0, 0.05) is 6.04 Å². The zero-order valence-corrected chi connectivity index (χ0v) is 6.26. The van der Waals surface area contributed by atoms with Crippen molar-refractivity contribution in [2.45, 2.75) is 37.8 Å². The lowest BCUT2D eigenvalue weighted by Crippen LogP contribution is -2.38. The van der Waals surface area contributed by atoms with Crippen molar-refractivity contribution in [3.63, 3.8) is 0 Å².